The summed E-state index contributed by atoms with van der Waals surface area (Å²) < 4.78 is 0. The summed E-state index contributed by atoms with van der Waals surface area (Å²) in [7, 11) is 5.37. The average Bonchev–Trinajstić information content (AvgIpc) is 2.16. The number of aromatic nitrogens is 1. The van der Waals surface area contributed by atoms with E-state index < -0.39 is 0 Å². The second-order valence-electron chi connectivity index (χ2n) is 4.04. The molecule has 0 saturated carbocycles. The molecule has 1 amide bonds. The van der Waals surface area contributed by atoms with E-state index >= 15 is 0 Å². The zero-order valence-corrected chi connectivity index (χ0v) is 9.97. The van der Waals surface area contributed by atoms with Gasteiger partial charge in [-0.15, -0.1) is 0 Å². The van der Waals surface area contributed by atoms with E-state index in [1.165, 1.54) is 0 Å². The van der Waals surface area contributed by atoms with Gasteiger partial charge in [-0.05, 0) is 19.2 Å². The van der Waals surface area contributed by atoms with Crippen molar-refractivity contribution in [2.45, 2.75) is 6.54 Å². The lowest BCUT2D eigenvalue weighted by atomic mass is 10.3. The van der Waals surface area contributed by atoms with E-state index in [2.05, 4.69) is 4.98 Å². The molecule has 0 aliphatic heterocycles. The highest BCUT2D eigenvalue weighted by Gasteiger charge is 2.09. The summed E-state index contributed by atoms with van der Waals surface area (Å²) in [6.45, 7) is 0.994. The summed E-state index contributed by atoms with van der Waals surface area (Å²) in [4.78, 5) is 19.1. The number of amides is 1. The lowest BCUT2D eigenvalue weighted by molar-refractivity contribution is -0.129. The van der Waals surface area contributed by atoms with Crippen LogP contribution in [0, 0.1) is 0 Å². The SMILES string of the molecule is CN(CC(=O)N(C)C)Cc1cc(N)ccn1. The van der Waals surface area contributed by atoms with Crippen molar-refractivity contribution in [2.75, 3.05) is 33.4 Å². The van der Waals surface area contributed by atoms with Gasteiger partial charge in [-0.25, -0.2) is 0 Å². The van der Waals surface area contributed by atoms with Crippen LogP contribution in [0.2, 0.25) is 0 Å². The first-order valence-corrected chi connectivity index (χ1v) is 5.08. The molecule has 0 atom stereocenters. The molecule has 2 N–H and O–H groups in total. The van der Waals surface area contributed by atoms with Gasteiger partial charge < -0.3 is 10.6 Å². The maximum atomic E-state index is 11.4. The van der Waals surface area contributed by atoms with Gasteiger partial charge in [-0.3, -0.25) is 14.7 Å². The van der Waals surface area contributed by atoms with Crippen LogP contribution < -0.4 is 5.73 Å². The van der Waals surface area contributed by atoms with E-state index in [4.69, 9.17) is 5.73 Å². The Labute approximate surface area is 95.9 Å². The van der Waals surface area contributed by atoms with Gasteiger partial charge in [0.15, 0.2) is 0 Å². The van der Waals surface area contributed by atoms with Crippen molar-refractivity contribution in [3.8, 4) is 0 Å². The topological polar surface area (TPSA) is 62.5 Å². The van der Waals surface area contributed by atoms with Gasteiger partial charge in [0.05, 0.1) is 12.2 Å². The minimum atomic E-state index is 0.0754. The summed E-state index contributed by atoms with van der Waals surface area (Å²) in [6, 6.07) is 3.56. The summed E-state index contributed by atoms with van der Waals surface area (Å²) in [5, 5.41) is 0. The van der Waals surface area contributed by atoms with Crippen LogP contribution in [0.25, 0.3) is 0 Å². The Morgan fingerprint density at radius 1 is 1.44 bits per heavy atom. The molecule has 0 unspecified atom stereocenters. The van der Waals surface area contributed by atoms with Gasteiger partial charge in [0.1, 0.15) is 0 Å². The molecule has 88 valence electrons. The standard InChI is InChI=1S/C11H18N4O/c1-14(2)11(16)8-15(3)7-10-6-9(12)4-5-13-10/h4-6H,7-8H2,1-3H3,(H2,12,13). The molecule has 0 radical (unpaired) electrons. The minimum absolute atomic E-state index is 0.0754. The Morgan fingerprint density at radius 3 is 2.69 bits per heavy atom. The van der Waals surface area contributed by atoms with E-state index in [1.807, 2.05) is 18.0 Å². The number of carbonyl (C=O) groups is 1. The number of pyridine rings is 1. The van der Waals surface area contributed by atoms with Crippen LogP contribution in [0.3, 0.4) is 0 Å². The number of hydrogen-bond donors (Lipinski definition) is 1. The average molecular weight is 222 g/mol. The summed E-state index contributed by atoms with van der Waals surface area (Å²) in [6.07, 6.45) is 1.67. The zero-order chi connectivity index (χ0) is 12.1. The number of rotatable bonds is 4. The maximum Gasteiger partial charge on any atom is 0.236 e. The van der Waals surface area contributed by atoms with Gasteiger partial charge in [0.2, 0.25) is 5.91 Å². The number of likely N-dealkylation sites (N-methyl/N-ethyl adjacent to an activating group) is 2. The van der Waals surface area contributed by atoms with E-state index in [9.17, 15) is 4.79 Å². The smallest absolute Gasteiger partial charge is 0.236 e. The van der Waals surface area contributed by atoms with Crippen LogP contribution in [0.4, 0.5) is 5.69 Å². The quantitative estimate of drug-likeness (QED) is 0.789. The predicted octanol–water partition coefficient (Wildman–Crippen LogP) is 0.184. The fourth-order valence-corrected chi connectivity index (χ4v) is 1.29. The van der Waals surface area contributed by atoms with Crippen LogP contribution in [-0.2, 0) is 11.3 Å². The molecule has 1 rings (SSSR count). The Bertz CT molecular complexity index is 365. The zero-order valence-electron chi connectivity index (χ0n) is 9.97. The molecule has 0 bridgehead atoms. The van der Waals surface area contributed by atoms with Crippen molar-refractivity contribution in [1.29, 1.82) is 0 Å². The maximum absolute atomic E-state index is 11.4. The van der Waals surface area contributed by atoms with Gasteiger partial charge in [0.25, 0.3) is 0 Å². The van der Waals surface area contributed by atoms with Crippen molar-refractivity contribution in [3.05, 3.63) is 24.0 Å². The number of carbonyl (C=O) groups excluding carboxylic acids is 1. The molecule has 0 spiro atoms. The second kappa shape index (κ2) is 5.46. The van der Waals surface area contributed by atoms with Crippen molar-refractivity contribution >= 4 is 11.6 Å². The van der Waals surface area contributed by atoms with Crippen molar-refractivity contribution in [2.24, 2.45) is 0 Å². The Hall–Kier alpha value is -1.62. The molecule has 0 aliphatic rings. The predicted molar refractivity (Wildman–Crippen MR) is 63.7 cm³/mol. The molecule has 0 aromatic carbocycles. The molecular weight excluding hydrogens is 204 g/mol. The molecule has 0 aliphatic carbocycles. The van der Waals surface area contributed by atoms with Gasteiger partial charge in [-0.2, -0.15) is 0 Å². The van der Waals surface area contributed by atoms with Crippen LogP contribution in [0.15, 0.2) is 18.3 Å². The summed E-state index contributed by atoms with van der Waals surface area (Å²) >= 11 is 0. The van der Waals surface area contributed by atoms with E-state index in [0.717, 1.165) is 5.69 Å². The first-order valence-electron chi connectivity index (χ1n) is 5.08. The van der Waals surface area contributed by atoms with E-state index in [1.54, 1.807) is 31.3 Å². The monoisotopic (exact) mass is 222 g/mol. The van der Waals surface area contributed by atoms with Crippen molar-refractivity contribution < 1.29 is 4.79 Å². The fourth-order valence-electron chi connectivity index (χ4n) is 1.29. The third-order valence-electron chi connectivity index (χ3n) is 2.18. The van der Waals surface area contributed by atoms with Crippen LogP contribution in [0.5, 0.6) is 0 Å². The van der Waals surface area contributed by atoms with Crippen LogP contribution in [0.1, 0.15) is 5.69 Å². The van der Waals surface area contributed by atoms with Gasteiger partial charge >= 0.3 is 0 Å². The third kappa shape index (κ3) is 3.86. The van der Waals surface area contributed by atoms with Crippen molar-refractivity contribution in [3.63, 3.8) is 0 Å². The number of nitrogens with zero attached hydrogens (tertiary/aromatic N) is 3. The molecule has 0 fully saturated rings. The first-order chi connectivity index (χ1) is 7.49. The number of anilines is 1. The normalized spacial score (nSPS) is 10.5. The lowest BCUT2D eigenvalue weighted by Gasteiger charge is -2.18. The Balaban J connectivity index is 2.51. The number of nitrogen functional groups attached to an aromatic ring is 1. The highest BCUT2D eigenvalue weighted by molar-refractivity contribution is 5.77. The van der Waals surface area contributed by atoms with E-state index in [-0.39, 0.29) is 5.91 Å². The van der Waals surface area contributed by atoms with Gasteiger partial charge in [0, 0.05) is 32.5 Å². The second-order valence-corrected chi connectivity index (χ2v) is 4.04. The first kappa shape index (κ1) is 12.4. The minimum Gasteiger partial charge on any atom is -0.399 e. The Kier molecular flexibility index (Phi) is 4.25. The molecule has 5 heteroatoms. The van der Waals surface area contributed by atoms with Crippen LogP contribution in [-0.4, -0.2) is 48.4 Å². The molecule has 1 aromatic heterocycles. The molecule has 1 aromatic rings. The molecule has 1 heterocycles. The van der Waals surface area contributed by atoms with Crippen molar-refractivity contribution in [1.82, 2.24) is 14.8 Å². The number of nitrogens with two attached hydrogens (primary N) is 1. The largest absolute Gasteiger partial charge is 0.399 e. The molecule has 5 nitrogen and oxygen atoms in total. The highest BCUT2D eigenvalue weighted by atomic mass is 16.2. The lowest BCUT2D eigenvalue weighted by Crippen LogP contribution is -2.34. The van der Waals surface area contributed by atoms with E-state index in [0.29, 0.717) is 18.8 Å². The summed E-state index contributed by atoms with van der Waals surface area (Å²) in [5.41, 5.74) is 7.21. The molecular formula is C11H18N4O. The molecule has 0 saturated heterocycles. The summed E-state index contributed by atoms with van der Waals surface area (Å²) in [5.74, 6) is 0.0754. The third-order valence-corrected chi connectivity index (χ3v) is 2.18. The Morgan fingerprint density at radius 2 is 2.12 bits per heavy atom. The highest BCUT2D eigenvalue weighted by Crippen LogP contribution is 2.05. The number of hydrogen-bond acceptors (Lipinski definition) is 4. The van der Waals surface area contributed by atoms with Crippen LogP contribution >= 0.6 is 0 Å². The fraction of sp³-hybridized carbons (Fsp3) is 0.455. The molecule has 16 heavy (non-hydrogen) atoms. The van der Waals surface area contributed by atoms with Gasteiger partial charge in [-0.1, -0.05) is 0 Å².